The molecule has 0 fully saturated rings. The number of hydrogen-bond acceptors (Lipinski definition) is 7. The molecular weight excluding hydrogens is 424 g/mol. The molecule has 0 amide bonds. The van der Waals surface area contributed by atoms with Crippen LogP contribution in [-0.2, 0) is 4.74 Å². The molecule has 0 saturated carbocycles. The lowest BCUT2D eigenvalue weighted by molar-refractivity contribution is 0.0969. The monoisotopic (exact) mass is 452 g/mol. The summed E-state index contributed by atoms with van der Waals surface area (Å²) < 4.78 is 32.3. The Morgan fingerprint density at radius 2 is 1.36 bits per heavy atom. The van der Waals surface area contributed by atoms with Crippen molar-refractivity contribution in [1.82, 2.24) is 0 Å². The molecule has 33 heavy (non-hydrogen) atoms. The molecule has 7 nitrogen and oxygen atoms in total. The molecule has 7 heteroatoms. The van der Waals surface area contributed by atoms with Crippen LogP contribution in [0.15, 0.2) is 66.7 Å². The number of carbonyl (C=O) groups is 1. The van der Waals surface area contributed by atoms with Gasteiger partial charge >= 0.3 is 6.16 Å². The third-order valence-corrected chi connectivity index (χ3v) is 5.18. The van der Waals surface area contributed by atoms with Gasteiger partial charge in [0, 0.05) is 5.92 Å². The molecule has 0 aromatic heterocycles. The maximum absolute atomic E-state index is 12.1. The highest BCUT2D eigenvalue weighted by molar-refractivity contribution is 5.63. The van der Waals surface area contributed by atoms with Crippen LogP contribution in [0.1, 0.15) is 23.5 Å². The largest absolute Gasteiger partial charge is 0.513 e. The number of rotatable bonds is 10. The Bertz CT molecular complexity index is 1010. The summed E-state index contributed by atoms with van der Waals surface area (Å²) in [4.78, 5) is 12.1. The number of hydrogen-bond donors (Lipinski definition) is 0. The van der Waals surface area contributed by atoms with Crippen LogP contribution in [0.2, 0.25) is 0 Å². The molecule has 0 heterocycles. The zero-order chi connectivity index (χ0) is 23.6. The first-order valence-electron chi connectivity index (χ1n) is 10.4. The van der Waals surface area contributed by atoms with Crippen LogP contribution in [0, 0.1) is 0 Å². The van der Waals surface area contributed by atoms with E-state index in [1.165, 1.54) is 0 Å². The standard InChI is InChI=1S/C26H28O7/c1-28-20-12-10-18(11-13-20)22(14-15-32-26(27)33-21-8-6-5-7-9-21)19-16-23(29-2)25(31-4)24(17-19)30-3/h5-13,16-17,22H,14-15H2,1-4H3. The lowest BCUT2D eigenvalue weighted by atomic mass is 9.88. The lowest BCUT2D eigenvalue weighted by Crippen LogP contribution is -2.14. The summed E-state index contributed by atoms with van der Waals surface area (Å²) in [7, 11) is 6.34. The SMILES string of the molecule is COc1ccc(C(CCOC(=O)Oc2ccccc2)c2cc(OC)c(OC)c(OC)c2)cc1. The number of para-hydroxylation sites is 1. The Morgan fingerprint density at radius 3 is 1.91 bits per heavy atom. The van der Waals surface area contributed by atoms with E-state index < -0.39 is 6.16 Å². The first-order chi connectivity index (χ1) is 16.1. The molecule has 0 saturated heterocycles. The molecule has 3 aromatic rings. The van der Waals surface area contributed by atoms with Crippen LogP contribution >= 0.6 is 0 Å². The van der Waals surface area contributed by atoms with Crippen molar-refractivity contribution >= 4 is 6.16 Å². The summed E-state index contributed by atoms with van der Waals surface area (Å²) in [6.45, 7) is 0.152. The van der Waals surface area contributed by atoms with Crippen molar-refractivity contribution in [2.75, 3.05) is 35.0 Å². The summed E-state index contributed by atoms with van der Waals surface area (Å²) in [6.07, 6.45) is -0.242. The highest BCUT2D eigenvalue weighted by atomic mass is 16.7. The highest BCUT2D eigenvalue weighted by Crippen LogP contribution is 2.42. The van der Waals surface area contributed by atoms with E-state index in [9.17, 15) is 4.79 Å². The van der Waals surface area contributed by atoms with Crippen molar-refractivity contribution in [3.05, 3.63) is 77.9 Å². The van der Waals surface area contributed by atoms with Gasteiger partial charge in [-0.25, -0.2) is 4.79 Å². The number of benzene rings is 3. The molecule has 1 atom stereocenters. The minimum atomic E-state index is -0.750. The third-order valence-electron chi connectivity index (χ3n) is 5.18. The number of methoxy groups -OCH3 is 4. The fourth-order valence-corrected chi connectivity index (χ4v) is 3.54. The minimum Gasteiger partial charge on any atom is -0.497 e. The molecule has 3 rings (SSSR count). The average Bonchev–Trinajstić information content (AvgIpc) is 2.86. The van der Waals surface area contributed by atoms with Crippen molar-refractivity contribution in [3.63, 3.8) is 0 Å². The summed E-state index contributed by atoms with van der Waals surface area (Å²) in [5.41, 5.74) is 1.94. The lowest BCUT2D eigenvalue weighted by Gasteiger charge is -2.21. The van der Waals surface area contributed by atoms with Crippen molar-refractivity contribution in [1.29, 1.82) is 0 Å². The molecular formula is C26H28O7. The molecule has 3 aromatic carbocycles. The molecule has 0 aliphatic carbocycles. The molecule has 0 aliphatic heterocycles. The molecule has 0 aliphatic rings. The van der Waals surface area contributed by atoms with Gasteiger partial charge in [0.1, 0.15) is 11.5 Å². The normalized spacial score (nSPS) is 11.3. The minimum absolute atomic E-state index is 0.117. The Morgan fingerprint density at radius 1 is 0.727 bits per heavy atom. The predicted molar refractivity (Wildman–Crippen MR) is 124 cm³/mol. The van der Waals surface area contributed by atoms with E-state index in [1.807, 2.05) is 42.5 Å². The van der Waals surface area contributed by atoms with E-state index in [2.05, 4.69) is 0 Å². The van der Waals surface area contributed by atoms with E-state index in [1.54, 1.807) is 52.7 Å². The van der Waals surface area contributed by atoms with Crippen molar-refractivity contribution in [3.8, 4) is 28.7 Å². The Kier molecular flexibility index (Phi) is 8.41. The zero-order valence-corrected chi connectivity index (χ0v) is 19.2. The molecule has 0 N–H and O–H groups in total. The van der Waals surface area contributed by atoms with E-state index in [0.29, 0.717) is 29.4 Å². The fourth-order valence-electron chi connectivity index (χ4n) is 3.54. The van der Waals surface area contributed by atoms with E-state index in [0.717, 1.165) is 16.9 Å². The van der Waals surface area contributed by atoms with Crippen LogP contribution in [0.3, 0.4) is 0 Å². The van der Waals surface area contributed by atoms with E-state index >= 15 is 0 Å². The van der Waals surface area contributed by atoms with Gasteiger partial charge in [-0.1, -0.05) is 30.3 Å². The van der Waals surface area contributed by atoms with Crippen LogP contribution in [-0.4, -0.2) is 41.2 Å². The number of carbonyl (C=O) groups excluding carboxylic acids is 1. The van der Waals surface area contributed by atoms with Crippen molar-refractivity contribution in [2.45, 2.75) is 12.3 Å². The zero-order valence-electron chi connectivity index (χ0n) is 19.2. The summed E-state index contributed by atoms with van der Waals surface area (Å²) in [5.74, 6) is 2.68. The molecule has 0 bridgehead atoms. The Labute approximate surface area is 193 Å². The second-order valence-corrected chi connectivity index (χ2v) is 7.09. The topological polar surface area (TPSA) is 72.5 Å². The van der Waals surface area contributed by atoms with E-state index in [4.69, 9.17) is 28.4 Å². The predicted octanol–water partition coefficient (Wildman–Crippen LogP) is 5.46. The summed E-state index contributed by atoms with van der Waals surface area (Å²) in [5, 5.41) is 0. The maximum Gasteiger partial charge on any atom is 0.513 e. The van der Waals surface area contributed by atoms with Crippen molar-refractivity contribution in [2.24, 2.45) is 0 Å². The van der Waals surface area contributed by atoms with Crippen LogP contribution in [0.5, 0.6) is 28.7 Å². The molecule has 1 unspecified atom stereocenters. The summed E-state index contributed by atoms with van der Waals surface area (Å²) in [6, 6.07) is 20.3. The average molecular weight is 453 g/mol. The summed E-state index contributed by atoms with van der Waals surface area (Å²) >= 11 is 0. The van der Waals surface area contributed by atoms with Gasteiger partial charge in [0.05, 0.1) is 35.0 Å². The van der Waals surface area contributed by atoms with Gasteiger partial charge in [0.15, 0.2) is 11.5 Å². The highest BCUT2D eigenvalue weighted by Gasteiger charge is 2.21. The van der Waals surface area contributed by atoms with Gasteiger partial charge < -0.3 is 28.4 Å². The molecule has 0 radical (unpaired) electrons. The Hall–Kier alpha value is -3.87. The third kappa shape index (κ3) is 6.10. The van der Waals surface area contributed by atoms with Crippen molar-refractivity contribution < 1.29 is 33.2 Å². The van der Waals surface area contributed by atoms with Crippen LogP contribution in [0.25, 0.3) is 0 Å². The second kappa shape index (κ2) is 11.7. The maximum atomic E-state index is 12.1. The first kappa shape index (κ1) is 23.8. The second-order valence-electron chi connectivity index (χ2n) is 7.09. The smallest absolute Gasteiger partial charge is 0.497 e. The molecule has 174 valence electrons. The van der Waals surface area contributed by atoms with Gasteiger partial charge in [0.2, 0.25) is 5.75 Å². The molecule has 0 spiro atoms. The number of ether oxygens (including phenoxy) is 6. The van der Waals surface area contributed by atoms with Gasteiger partial charge in [-0.2, -0.15) is 0 Å². The van der Waals surface area contributed by atoms with Gasteiger partial charge in [-0.3, -0.25) is 0 Å². The van der Waals surface area contributed by atoms with Gasteiger partial charge in [-0.15, -0.1) is 0 Å². The first-order valence-corrected chi connectivity index (χ1v) is 10.4. The van der Waals surface area contributed by atoms with Gasteiger partial charge in [0.25, 0.3) is 0 Å². The quantitative estimate of drug-likeness (QED) is 0.299. The van der Waals surface area contributed by atoms with Gasteiger partial charge in [-0.05, 0) is 53.9 Å². The fraction of sp³-hybridized carbons (Fsp3) is 0.269. The Balaban J connectivity index is 1.83. The van der Waals surface area contributed by atoms with E-state index in [-0.39, 0.29) is 12.5 Å². The van der Waals surface area contributed by atoms with Crippen LogP contribution < -0.4 is 23.7 Å². The van der Waals surface area contributed by atoms with Crippen LogP contribution in [0.4, 0.5) is 4.79 Å².